The number of aryl methyl sites for hydroxylation is 1. The monoisotopic (exact) mass is 392 g/mol. The average molecular weight is 392 g/mol. The fourth-order valence-corrected chi connectivity index (χ4v) is 3.69. The fraction of sp³-hybridized carbons (Fsp3) is 0.474. The number of rotatable bonds is 3. The van der Waals surface area contributed by atoms with Crippen molar-refractivity contribution in [1.82, 2.24) is 39.6 Å². The van der Waals surface area contributed by atoms with Crippen molar-refractivity contribution >= 4 is 28.3 Å². The molecule has 0 unspecified atom stereocenters. The molecule has 0 spiro atoms. The first kappa shape index (κ1) is 17.8. The normalized spacial score (nSPS) is 15.3. The van der Waals surface area contributed by atoms with Crippen LogP contribution in [0.15, 0.2) is 24.7 Å². The van der Waals surface area contributed by atoms with Crippen LogP contribution in [0.3, 0.4) is 0 Å². The third-order valence-corrected chi connectivity index (χ3v) is 5.40. The minimum Gasteiger partial charge on any atom is -0.352 e. The Hall–Kier alpha value is -3.30. The van der Waals surface area contributed by atoms with E-state index in [1.54, 1.807) is 11.0 Å². The summed E-state index contributed by atoms with van der Waals surface area (Å²) in [6.45, 7) is 8.09. The molecule has 0 bridgehead atoms. The molecule has 150 valence electrons. The summed E-state index contributed by atoms with van der Waals surface area (Å²) in [5.74, 6) is 2.70. The van der Waals surface area contributed by atoms with E-state index in [0.29, 0.717) is 6.04 Å². The number of anilines is 2. The molecule has 0 aliphatic carbocycles. The molecule has 5 heterocycles. The molecule has 10 heteroatoms. The number of hydrogen-bond donors (Lipinski definition) is 0. The molecule has 5 rings (SSSR count). The Balaban J connectivity index is 1.37. The molecule has 4 aromatic heterocycles. The topological polar surface area (TPSA) is 93.2 Å². The molecule has 0 amide bonds. The van der Waals surface area contributed by atoms with Crippen LogP contribution >= 0.6 is 0 Å². The molecule has 10 nitrogen and oxygen atoms in total. The maximum absolute atomic E-state index is 4.80. The second kappa shape index (κ2) is 6.10. The predicted molar refractivity (Wildman–Crippen MR) is 110 cm³/mol. The van der Waals surface area contributed by atoms with Gasteiger partial charge < -0.3 is 9.80 Å². The predicted octanol–water partition coefficient (Wildman–Crippen LogP) is 1.42. The third kappa shape index (κ3) is 2.86. The van der Waals surface area contributed by atoms with E-state index in [-0.39, 0.29) is 5.41 Å². The SMILES string of the molecule is CN(c1ncnc2nn(C)cc12)C1CN(c2ccc3nnc(C(C)(C)C)n3n2)C1. The Morgan fingerprint density at radius 3 is 2.62 bits per heavy atom. The van der Waals surface area contributed by atoms with E-state index in [2.05, 4.69) is 62.9 Å². The van der Waals surface area contributed by atoms with Crippen molar-refractivity contribution < 1.29 is 0 Å². The Bertz CT molecular complexity index is 1190. The van der Waals surface area contributed by atoms with Gasteiger partial charge >= 0.3 is 0 Å². The smallest absolute Gasteiger partial charge is 0.186 e. The van der Waals surface area contributed by atoms with Gasteiger partial charge in [-0.1, -0.05) is 20.8 Å². The van der Waals surface area contributed by atoms with Gasteiger partial charge in [0, 0.05) is 38.8 Å². The Morgan fingerprint density at radius 1 is 1.07 bits per heavy atom. The lowest BCUT2D eigenvalue weighted by atomic mass is 9.96. The summed E-state index contributed by atoms with van der Waals surface area (Å²) in [6.07, 6.45) is 3.54. The molecule has 0 aromatic carbocycles. The Morgan fingerprint density at radius 2 is 1.86 bits per heavy atom. The zero-order chi connectivity index (χ0) is 20.3. The van der Waals surface area contributed by atoms with Crippen molar-refractivity contribution in [2.75, 3.05) is 29.9 Å². The second-order valence-corrected chi connectivity index (χ2v) is 8.64. The molecule has 0 atom stereocenters. The van der Waals surface area contributed by atoms with Crippen LogP contribution in [0.4, 0.5) is 11.6 Å². The van der Waals surface area contributed by atoms with Crippen molar-refractivity contribution in [3.8, 4) is 0 Å². The van der Waals surface area contributed by atoms with Gasteiger partial charge in [-0.15, -0.1) is 15.3 Å². The molecular weight excluding hydrogens is 368 g/mol. The first-order chi connectivity index (χ1) is 13.8. The van der Waals surface area contributed by atoms with E-state index < -0.39 is 0 Å². The van der Waals surface area contributed by atoms with E-state index >= 15 is 0 Å². The van der Waals surface area contributed by atoms with Crippen LogP contribution in [-0.2, 0) is 12.5 Å². The molecule has 1 aliphatic rings. The van der Waals surface area contributed by atoms with Gasteiger partial charge in [0.05, 0.1) is 11.4 Å². The maximum atomic E-state index is 4.80. The summed E-state index contributed by atoms with van der Waals surface area (Å²) in [7, 11) is 3.97. The number of fused-ring (bicyclic) bond motifs is 2. The highest BCUT2D eigenvalue weighted by molar-refractivity contribution is 5.86. The molecule has 0 radical (unpaired) electrons. The van der Waals surface area contributed by atoms with Gasteiger partial charge in [0.15, 0.2) is 17.1 Å². The van der Waals surface area contributed by atoms with Gasteiger partial charge in [0.25, 0.3) is 0 Å². The summed E-state index contributed by atoms with van der Waals surface area (Å²) in [5, 5.41) is 18.7. The summed E-state index contributed by atoms with van der Waals surface area (Å²) in [4.78, 5) is 13.2. The minimum atomic E-state index is -0.120. The second-order valence-electron chi connectivity index (χ2n) is 8.64. The third-order valence-electron chi connectivity index (χ3n) is 5.40. The van der Waals surface area contributed by atoms with E-state index in [9.17, 15) is 0 Å². The van der Waals surface area contributed by atoms with E-state index in [4.69, 9.17) is 5.10 Å². The van der Waals surface area contributed by atoms with E-state index in [1.807, 2.05) is 29.9 Å². The highest BCUT2D eigenvalue weighted by Crippen LogP contribution is 2.28. The van der Waals surface area contributed by atoms with Gasteiger partial charge in [-0.2, -0.15) is 9.61 Å². The van der Waals surface area contributed by atoms with Crippen LogP contribution in [0.2, 0.25) is 0 Å². The standard InChI is InChI=1S/C19H24N10/c1-19(2,3)18-23-22-14-6-7-15(24-29(14)18)28-8-12(9-28)27(5)17-13-10-26(4)25-16(13)20-11-21-17/h6-7,10-12H,8-9H2,1-5H3. The van der Waals surface area contributed by atoms with Gasteiger partial charge in [0.2, 0.25) is 0 Å². The summed E-state index contributed by atoms with van der Waals surface area (Å²) >= 11 is 0. The van der Waals surface area contributed by atoms with E-state index in [1.165, 1.54) is 0 Å². The molecule has 0 N–H and O–H groups in total. The van der Waals surface area contributed by atoms with Crippen molar-refractivity contribution in [2.45, 2.75) is 32.2 Å². The first-order valence-corrected chi connectivity index (χ1v) is 9.66. The zero-order valence-corrected chi connectivity index (χ0v) is 17.3. The zero-order valence-electron chi connectivity index (χ0n) is 17.3. The number of aromatic nitrogens is 8. The minimum absolute atomic E-state index is 0.120. The van der Waals surface area contributed by atoms with Crippen molar-refractivity contribution in [3.63, 3.8) is 0 Å². The summed E-state index contributed by atoms with van der Waals surface area (Å²) in [6, 6.07) is 4.33. The average Bonchev–Trinajstić information content (AvgIpc) is 3.21. The molecule has 1 saturated heterocycles. The lowest BCUT2D eigenvalue weighted by molar-refractivity contribution is 0.483. The first-order valence-electron chi connectivity index (χ1n) is 9.66. The van der Waals surface area contributed by atoms with Crippen molar-refractivity contribution in [1.29, 1.82) is 0 Å². The van der Waals surface area contributed by atoms with Crippen LogP contribution in [0.1, 0.15) is 26.6 Å². The van der Waals surface area contributed by atoms with Crippen molar-refractivity contribution in [2.24, 2.45) is 7.05 Å². The molecule has 29 heavy (non-hydrogen) atoms. The molecule has 1 aliphatic heterocycles. The largest absolute Gasteiger partial charge is 0.352 e. The van der Waals surface area contributed by atoms with Gasteiger partial charge in [0.1, 0.15) is 18.0 Å². The molecule has 0 saturated carbocycles. The van der Waals surface area contributed by atoms with Crippen molar-refractivity contribution in [3.05, 3.63) is 30.5 Å². The lowest BCUT2D eigenvalue weighted by Gasteiger charge is -2.45. The Labute approximate surface area is 168 Å². The van der Waals surface area contributed by atoms with Crippen LogP contribution in [0, 0.1) is 0 Å². The quantitative estimate of drug-likeness (QED) is 0.517. The fourth-order valence-electron chi connectivity index (χ4n) is 3.69. The summed E-state index contributed by atoms with van der Waals surface area (Å²) < 4.78 is 3.63. The van der Waals surface area contributed by atoms with Crippen LogP contribution < -0.4 is 9.80 Å². The molecular formula is C19H24N10. The van der Waals surface area contributed by atoms with Crippen LogP contribution in [-0.4, -0.2) is 65.7 Å². The number of hydrogen-bond acceptors (Lipinski definition) is 8. The number of likely N-dealkylation sites (N-methyl/N-ethyl adjacent to an activating group) is 1. The van der Waals surface area contributed by atoms with Gasteiger partial charge in [-0.05, 0) is 12.1 Å². The van der Waals surface area contributed by atoms with Gasteiger partial charge in [-0.3, -0.25) is 4.68 Å². The molecule has 1 fully saturated rings. The van der Waals surface area contributed by atoms with Crippen LogP contribution in [0.25, 0.3) is 16.7 Å². The summed E-state index contributed by atoms with van der Waals surface area (Å²) in [5.41, 5.74) is 1.37. The molecule has 4 aromatic rings. The lowest BCUT2D eigenvalue weighted by Crippen LogP contribution is -2.59. The highest BCUT2D eigenvalue weighted by atomic mass is 15.4. The van der Waals surface area contributed by atoms with E-state index in [0.717, 1.165) is 47.2 Å². The highest BCUT2D eigenvalue weighted by Gasteiger charge is 2.33. The number of nitrogens with zero attached hydrogens (tertiary/aromatic N) is 10. The Kier molecular flexibility index (Phi) is 3.74. The van der Waals surface area contributed by atoms with Crippen LogP contribution in [0.5, 0.6) is 0 Å². The van der Waals surface area contributed by atoms with Gasteiger partial charge in [-0.25, -0.2) is 9.97 Å². The maximum Gasteiger partial charge on any atom is 0.186 e.